The zero-order valence-electron chi connectivity index (χ0n) is 11.9. The highest BCUT2D eigenvalue weighted by molar-refractivity contribution is 5.82. The molecule has 1 saturated heterocycles. The van der Waals surface area contributed by atoms with Gasteiger partial charge in [0.25, 0.3) is 0 Å². The normalized spacial score (nSPS) is 23.5. The number of piperidine rings is 1. The molecule has 0 aromatic rings. The molecule has 4 heteroatoms. The van der Waals surface area contributed by atoms with Gasteiger partial charge in [-0.05, 0) is 38.0 Å². The summed E-state index contributed by atoms with van der Waals surface area (Å²) in [6.45, 7) is 3.75. The number of carbonyl (C=O) groups excluding carboxylic acids is 1. The number of amides is 1. The predicted molar refractivity (Wildman–Crippen MR) is 72.7 cm³/mol. The molecule has 2 rings (SSSR count). The van der Waals surface area contributed by atoms with Crippen molar-refractivity contribution in [1.82, 2.24) is 4.90 Å². The molecule has 0 radical (unpaired) electrons. The number of hydrogen-bond acceptors (Lipinski definition) is 2. The number of carboxylic acid groups (broad SMARTS) is 1. The van der Waals surface area contributed by atoms with Gasteiger partial charge < -0.3 is 10.0 Å². The molecule has 1 N–H and O–H groups in total. The Balaban J connectivity index is 1.79. The van der Waals surface area contributed by atoms with Crippen LogP contribution in [0.5, 0.6) is 0 Å². The Labute approximate surface area is 115 Å². The van der Waals surface area contributed by atoms with Crippen LogP contribution in [0.2, 0.25) is 0 Å². The zero-order chi connectivity index (χ0) is 13.9. The van der Waals surface area contributed by atoms with Crippen LogP contribution < -0.4 is 0 Å². The van der Waals surface area contributed by atoms with Crippen LogP contribution in [0.25, 0.3) is 0 Å². The van der Waals surface area contributed by atoms with Gasteiger partial charge in [-0.1, -0.05) is 19.8 Å². The fraction of sp³-hybridized carbons (Fsp3) is 0.867. The molecule has 2 fully saturated rings. The number of nitrogens with zero attached hydrogens (tertiary/aromatic N) is 1. The highest BCUT2D eigenvalue weighted by atomic mass is 16.4. The Morgan fingerprint density at radius 1 is 1.21 bits per heavy atom. The van der Waals surface area contributed by atoms with E-state index in [2.05, 4.69) is 6.92 Å². The van der Waals surface area contributed by atoms with Gasteiger partial charge in [-0.25, -0.2) is 0 Å². The molecule has 0 bridgehead atoms. The van der Waals surface area contributed by atoms with Gasteiger partial charge in [-0.15, -0.1) is 0 Å². The lowest BCUT2D eigenvalue weighted by molar-refractivity contribution is -0.143. The van der Waals surface area contributed by atoms with E-state index in [1.54, 1.807) is 0 Å². The third-order valence-electron chi connectivity index (χ3n) is 4.89. The first kappa shape index (κ1) is 14.4. The molecular formula is C15H25NO3. The lowest BCUT2D eigenvalue weighted by atomic mass is 9.85. The summed E-state index contributed by atoms with van der Waals surface area (Å²) < 4.78 is 0. The minimum atomic E-state index is -0.711. The molecule has 1 aliphatic heterocycles. The molecule has 1 saturated carbocycles. The van der Waals surface area contributed by atoms with Crippen molar-refractivity contribution in [3.8, 4) is 0 Å². The highest BCUT2D eigenvalue weighted by Gasteiger charge is 2.39. The molecule has 1 aliphatic carbocycles. The first-order chi connectivity index (χ1) is 9.01. The van der Waals surface area contributed by atoms with Gasteiger partial charge in [0.1, 0.15) is 0 Å². The van der Waals surface area contributed by atoms with E-state index in [4.69, 9.17) is 5.11 Å². The molecule has 19 heavy (non-hydrogen) atoms. The van der Waals surface area contributed by atoms with Gasteiger partial charge in [-0.3, -0.25) is 9.59 Å². The maximum Gasteiger partial charge on any atom is 0.303 e. The molecule has 0 aromatic carbocycles. The summed E-state index contributed by atoms with van der Waals surface area (Å²) in [4.78, 5) is 25.1. The van der Waals surface area contributed by atoms with Crippen molar-refractivity contribution < 1.29 is 14.7 Å². The van der Waals surface area contributed by atoms with Crippen molar-refractivity contribution in [3.05, 3.63) is 0 Å². The SMILES string of the molecule is CC1(C(=O)N2CCC(CCC(=O)O)CC2)CCCC1. The van der Waals surface area contributed by atoms with Crippen LogP contribution >= 0.6 is 0 Å². The first-order valence-electron chi connectivity index (χ1n) is 7.52. The van der Waals surface area contributed by atoms with E-state index in [1.165, 1.54) is 12.8 Å². The largest absolute Gasteiger partial charge is 0.481 e. The summed E-state index contributed by atoms with van der Waals surface area (Å²) in [6, 6.07) is 0. The number of rotatable bonds is 4. The Bertz CT molecular complexity index is 339. The van der Waals surface area contributed by atoms with Crippen molar-refractivity contribution in [2.24, 2.45) is 11.3 Å². The van der Waals surface area contributed by atoms with E-state index in [0.29, 0.717) is 11.8 Å². The Morgan fingerprint density at radius 2 is 1.79 bits per heavy atom. The molecule has 0 unspecified atom stereocenters. The summed E-state index contributed by atoms with van der Waals surface area (Å²) >= 11 is 0. The van der Waals surface area contributed by atoms with Crippen molar-refractivity contribution in [2.75, 3.05) is 13.1 Å². The average molecular weight is 267 g/mol. The summed E-state index contributed by atoms with van der Waals surface area (Å²) in [6.07, 6.45) is 7.37. The molecule has 4 nitrogen and oxygen atoms in total. The summed E-state index contributed by atoms with van der Waals surface area (Å²) in [7, 11) is 0. The molecule has 108 valence electrons. The predicted octanol–water partition coefficient (Wildman–Crippen LogP) is 2.67. The molecule has 0 atom stereocenters. The van der Waals surface area contributed by atoms with Crippen molar-refractivity contribution in [2.45, 2.75) is 58.3 Å². The van der Waals surface area contributed by atoms with Crippen LogP contribution in [-0.2, 0) is 9.59 Å². The zero-order valence-corrected chi connectivity index (χ0v) is 11.9. The van der Waals surface area contributed by atoms with E-state index >= 15 is 0 Å². The molecule has 0 aromatic heterocycles. The number of aliphatic carboxylic acids is 1. The maximum absolute atomic E-state index is 12.5. The smallest absolute Gasteiger partial charge is 0.303 e. The monoisotopic (exact) mass is 267 g/mol. The fourth-order valence-electron chi connectivity index (χ4n) is 3.50. The molecule has 1 heterocycles. The number of hydrogen-bond donors (Lipinski definition) is 1. The lowest BCUT2D eigenvalue weighted by Crippen LogP contribution is -2.45. The number of carboxylic acids is 1. The maximum atomic E-state index is 12.5. The van der Waals surface area contributed by atoms with E-state index in [1.807, 2.05) is 4.90 Å². The second-order valence-corrected chi connectivity index (χ2v) is 6.44. The van der Waals surface area contributed by atoms with Crippen molar-refractivity contribution in [3.63, 3.8) is 0 Å². The van der Waals surface area contributed by atoms with Crippen LogP contribution in [0.1, 0.15) is 58.3 Å². The highest BCUT2D eigenvalue weighted by Crippen LogP contribution is 2.40. The lowest BCUT2D eigenvalue weighted by Gasteiger charge is -2.37. The Hall–Kier alpha value is -1.06. The van der Waals surface area contributed by atoms with Crippen LogP contribution in [0.4, 0.5) is 0 Å². The Morgan fingerprint density at radius 3 is 2.32 bits per heavy atom. The summed E-state index contributed by atoms with van der Waals surface area (Å²) in [5.41, 5.74) is -0.117. The first-order valence-corrected chi connectivity index (χ1v) is 7.52. The second kappa shape index (κ2) is 5.93. The standard InChI is InChI=1S/C15H25NO3/c1-15(8-2-3-9-15)14(19)16-10-6-12(7-11-16)4-5-13(17)18/h12H,2-11H2,1H3,(H,17,18). The molecular weight excluding hydrogens is 242 g/mol. The van der Waals surface area contributed by atoms with Crippen LogP contribution in [-0.4, -0.2) is 35.0 Å². The van der Waals surface area contributed by atoms with Gasteiger partial charge in [0.2, 0.25) is 5.91 Å². The van der Waals surface area contributed by atoms with Crippen LogP contribution in [0.15, 0.2) is 0 Å². The second-order valence-electron chi connectivity index (χ2n) is 6.44. The van der Waals surface area contributed by atoms with Gasteiger partial charge in [0.05, 0.1) is 0 Å². The molecule has 1 amide bonds. The minimum absolute atomic E-state index is 0.117. The number of carbonyl (C=O) groups is 2. The quantitative estimate of drug-likeness (QED) is 0.852. The molecule has 0 spiro atoms. The van der Waals surface area contributed by atoms with Crippen LogP contribution in [0, 0.1) is 11.3 Å². The summed E-state index contributed by atoms with van der Waals surface area (Å²) in [5.74, 6) is 0.107. The van der Waals surface area contributed by atoms with E-state index in [9.17, 15) is 9.59 Å². The van der Waals surface area contributed by atoms with Gasteiger partial charge in [0.15, 0.2) is 0 Å². The van der Waals surface area contributed by atoms with E-state index in [0.717, 1.165) is 45.2 Å². The van der Waals surface area contributed by atoms with Gasteiger partial charge >= 0.3 is 5.97 Å². The average Bonchev–Trinajstić information content (AvgIpc) is 2.84. The van der Waals surface area contributed by atoms with Gasteiger partial charge in [-0.2, -0.15) is 0 Å². The van der Waals surface area contributed by atoms with Crippen LogP contribution in [0.3, 0.4) is 0 Å². The molecule has 2 aliphatic rings. The van der Waals surface area contributed by atoms with Crippen molar-refractivity contribution >= 4 is 11.9 Å². The fourth-order valence-corrected chi connectivity index (χ4v) is 3.50. The topological polar surface area (TPSA) is 57.6 Å². The third kappa shape index (κ3) is 3.48. The van der Waals surface area contributed by atoms with Crippen molar-refractivity contribution in [1.29, 1.82) is 0 Å². The van der Waals surface area contributed by atoms with E-state index < -0.39 is 5.97 Å². The Kier molecular flexibility index (Phi) is 4.48. The van der Waals surface area contributed by atoms with E-state index in [-0.39, 0.29) is 11.8 Å². The number of likely N-dealkylation sites (tertiary alicyclic amines) is 1. The third-order valence-corrected chi connectivity index (χ3v) is 4.89. The van der Waals surface area contributed by atoms with Gasteiger partial charge in [0, 0.05) is 24.9 Å². The summed E-state index contributed by atoms with van der Waals surface area (Å²) in [5, 5.41) is 8.70. The minimum Gasteiger partial charge on any atom is -0.481 e.